The first-order valence-corrected chi connectivity index (χ1v) is 6.02. The molecule has 0 saturated carbocycles. The molecule has 0 aliphatic carbocycles. The van der Waals surface area contributed by atoms with Crippen LogP contribution in [-0.2, 0) is 9.59 Å². The van der Waals surface area contributed by atoms with E-state index in [1.54, 1.807) is 6.07 Å². The molecule has 0 aromatic heterocycles. The molecule has 1 aromatic carbocycles. The van der Waals surface area contributed by atoms with Crippen molar-refractivity contribution in [3.05, 3.63) is 40.6 Å². The molecule has 7 heteroatoms. The molecule has 0 atom stereocenters. The second-order valence-corrected chi connectivity index (χ2v) is 4.71. The molecule has 1 aliphatic heterocycles. The maximum absolute atomic E-state index is 13.0. The maximum Gasteiger partial charge on any atom is 0.323 e. The van der Waals surface area contributed by atoms with Gasteiger partial charge >= 0.3 is 5.97 Å². The van der Waals surface area contributed by atoms with E-state index in [0.717, 1.165) is 0 Å². The zero-order valence-corrected chi connectivity index (χ0v) is 10.3. The third kappa shape index (κ3) is 3.00. The van der Waals surface area contributed by atoms with Crippen molar-refractivity contribution < 1.29 is 23.9 Å². The fraction of sp³-hybridized carbons (Fsp3) is 0.0833. The summed E-state index contributed by atoms with van der Waals surface area (Å²) in [4.78, 5) is 34.5. The Labute approximate surface area is 111 Å². The molecule has 1 heterocycles. The molecule has 0 bridgehead atoms. The Morgan fingerprint density at radius 3 is 2.79 bits per heavy atom. The van der Waals surface area contributed by atoms with Gasteiger partial charge in [0, 0.05) is 0 Å². The Kier molecular flexibility index (Phi) is 3.66. The van der Waals surface area contributed by atoms with Gasteiger partial charge in [-0.3, -0.25) is 19.3 Å². The molecular formula is C12H8FNO4S. The van der Waals surface area contributed by atoms with Crippen LogP contribution in [0.1, 0.15) is 5.56 Å². The molecule has 1 fully saturated rings. The summed E-state index contributed by atoms with van der Waals surface area (Å²) in [6, 6.07) is 5.52. The van der Waals surface area contributed by atoms with E-state index >= 15 is 0 Å². The number of nitrogens with zero attached hydrogens (tertiary/aromatic N) is 1. The van der Waals surface area contributed by atoms with Crippen LogP contribution in [0.15, 0.2) is 29.2 Å². The molecule has 0 radical (unpaired) electrons. The Bertz CT molecular complexity index is 599. The number of imide groups is 1. The number of hydrogen-bond acceptors (Lipinski definition) is 4. The summed E-state index contributed by atoms with van der Waals surface area (Å²) in [7, 11) is 0. The van der Waals surface area contributed by atoms with Gasteiger partial charge in [0.25, 0.3) is 11.1 Å². The standard InChI is InChI=1S/C12H8FNO4S/c13-8-3-1-2-7(4-8)5-9-11(17)14(6-10(15)16)12(18)19-9/h1-5H,6H2,(H,15,16)/b9-5-. The van der Waals surface area contributed by atoms with E-state index in [1.807, 2.05) is 0 Å². The van der Waals surface area contributed by atoms with Crippen molar-refractivity contribution in [1.82, 2.24) is 4.90 Å². The fourth-order valence-electron chi connectivity index (χ4n) is 1.52. The number of amides is 2. The highest BCUT2D eigenvalue weighted by atomic mass is 32.2. The monoisotopic (exact) mass is 281 g/mol. The number of carboxylic acid groups (broad SMARTS) is 1. The maximum atomic E-state index is 13.0. The van der Waals surface area contributed by atoms with Crippen LogP contribution >= 0.6 is 11.8 Å². The molecule has 0 spiro atoms. The van der Waals surface area contributed by atoms with Crippen LogP contribution in [0.4, 0.5) is 9.18 Å². The molecule has 1 aliphatic rings. The molecule has 1 saturated heterocycles. The molecule has 5 nitrogen and oxygen atoms in total. The SMILES string of the molecule is O=C(O)CN1C(=O)S/C(=C\c2cccc(F)c2)C1=O. The molecule has 0 unspecified atom stereocenters. The Balaban J connectivity index is 2.25. The zero-order chi connectivity index (χ0) is 14.0. The number of aliphatic carboxylic acids is 1. The predicted molar refractivity (Wildman–Crippen MR) is 66.7 cm³/mol. The largest absolute Gasteiger partial charge is 0.480 e. The van der Waals surface area contributed by atoms with Gasteiger partial charge < -0.3 is 5.11 Å². The Hall–Kier alpha value is -2.15. The minimum Gasteiger partial charge on any atom is -0.480 e. The number of hydrogen-bond donors (Lipinski definition) is 1. The van der Waals surface area contributed by atoms with Crippen LogP contribution in [-0.4, -0.2) is 33.7 Å². The Morgan fingerprint density at radius 1 is 1.42 bits per heavy atom. The van der Waals surface area contributed by atoms with Crippen LogP contribution < -0.4 is 0 Å². The van der Waals surface area contributed by atoms with E-state index in [9.17, 15) is 18.8 Å². The molecule has 98 valence electrons. The number of rotatable bonds is 3. The highest BCUT2D eigenvalue weighted by Gasteiger charge is 2.36. The van der Waals surface area contributed by atoms with Crippen LogP contribution in [0, 0.1) is 5.82 Å². The van der Waals surface area contributed by atoms with Crippen LogP contribution in [0.2, 0.25) is 0 Å². The van der Waals surface area contributed by atoms with Gasteiger partial charge in [0.1, 0.15) is 12.4 Å². The lowest BCUT2D eigenvalue weighted by Gasteiger charge is -2.07. The molecule has 1 N–H and O–H groups in total. The van der Waals surface area contributed by atoms with Crippen molar-refractivity contribution in [2.45, 2.75) is 0 Å². The van der Waals surface area contributed by atoms with E-state index in [2.05, 4.69) is 0 Å². The zero-order valence-electron chi connectivity index (χ0n) is 9.50. The van der Waals surface area contributed by atoms with Gasteiger partial charge in [0.05, 0.1) is 4.91 Å². The second kappa shape index (κ2) is 5.23. The topological polar surface area (TPSA) is 74.7 Å². The summed E-state index contributed by atoms with van der Waals surface area (Å²) in [5.74, 6) is -2.41. The number of carboxylic acids is 1. The summed E-state index contributed by atoms with van der Waals surface area (Å²) >= 11 is 0.637. The van der Waals surface area contributed by atoms with Crippen LogP contribution in [0.3, 0.4) is 0 Å². The molecular weight excluding hydrogens is 273 g/mol. The average Bonchev–Trinajstić information content (AvgIpc) is 2.57. The van der Waals surface area contributed by atoms with E-state index in [-0.39, 0.29) is 4.91 Å². The lowest BCUT2D eigenvalue weighted by atomic mass is 10.2. The molecule has 1 aromatic rings. The summed E-state index contributed by atoms with van der Waals surface area (Å²) in [6.07, 6.45) is 1.36. The summed E-state index contributed by atoms with van der Waals surface area (Å²) in [5.41, 5.74) is 0.431. The van der Waals surface area contributed by atoms with E-state index in [1.165, 1.54) is 24.3 Å². The van der Waals surface area contributed by atoms with Crippen molar-refractivity contribution in [2.24, 2.45) is 0 Å². The minimum atomic E-state index is -1.27. The van der Waals surface area contributed by atoms with E-state index in [0.29, 0.717) is 22.2 Å². The first kappa shape index (κ1) is 13.3. The molecule has 2 rings (SSSR count). The Morgan fingerprint density at radius 2 is 2.16 bits per heavy atom. The molecule has 19 heavy (non-hydrogen) atoms. The van der Waals surface area contributed by atoms with Crippen LogP contribution in [0.5, 0.6) is 0 Å². The smallest absolute Gasteiger partial charge is 0.323 e. The number of thioether (sulfide) groups is 1. The van der Waals surface area contributed by atoms with Gasteiger partial charge in [-0.25, -0.2) is 4.39 Å². The van der Waals surface area contributed by atoms with Crippen molar-refractivity contribution >= 4 is 35.0 Å². The lowest BCUT2D eigenvalue weighted by Crippen LogP contribution is -2.33. The summed E-state index contributed by atoms with van der Waals surface area (Å²) < 4.78 is 13.0. The van der Waals surface area contributed by atoms with Gasteiger partial charge in [0.15, 0.2) is 0 Å². The van der Waals surface area contributed by atoms with Crippen molar-refractivity contribution in [2.75, 3.05) is 6.54 Å². The third-order valence-corrected chi connectivity index (χ3v) is 3.22. The number of carbonyl (C=O) groups excluding carboxylic acids is 2. The number of benzene rings is 1. The van der Waals surface area contributed by atoms with Gasteiger partial charge in [-0.15, -0.1) is 0 Å². The molecule has 2 amide bonds. The van der Waals surface area contributed by atoms with Crippen molar-refractivity contribution in [1.29, 1.82) is 0 Å². The average molecular weight is 281 g/mol. The first-order chi connectivity index (χ1) is 8.97. The first-order valence-electron chi connectivity index (χ1n) is 5.20. The van der Waals surface area contributed by atoms with Crippen molar-refractivity contribution in [3.63, 3.8) is 0 Å². The summed E-state index contributed by atoms with van der Waals surface area (Å²) in [5, 5.41) is 7.95. The number of halogens is 1. The van der Waals surface area contributed by atoms with Crippen molar-refractivity contribution in [3.8, 4) is 0 Å². The second-order valence-electron chi connectivity index (χ2n) is 3.72. The normalized spacial score (nSPS) is 17.3. The summed E-state index contributed by atoms with van der Waals surface area (Å²) in [6.45, 7) is -0.675. The third-order valence-electron chi connectivity index (χ3n) is 2.31. The lowest BCUT2D eigenvalue weighted by molar-refractivity contribution is -0.140. The number of carbonyl (C=O) groups is 3. The van der Waals surface area contributed by atoms with E-state index in [4.69, 9.17) is 5.11 Å². The van der Waals surface area contributed by atoms with Crippen LogP contribution in [0.25, 0.3) is 6.08 Å². The highest BCUT2D eigenvalue weighted by molar-refractivity contribution is 8.18. The van der Waals surface area contributed by atoms with Gasteiger partial charge in [-0.2, -0.15) is 0 Å². The minimum absolute atomic E-state index is 0.0804. The van der Waals surface area contributed by atoms with Gasteiger partial charge in [-0.05, 0) is 35.5 Å². The van der Waals surface area contributed by atoms with Gasteiger partial charge in [0.2, 0.25) is 0 Å². The fourth-order valence-corrected chi connectivity index (χ4v) is 2.36. The predicted octanol–water partition coefficient (Wildman–Crippen LogP) is 1.95. The highest BCUT2D eigenvalue weighted by Crippen LogP contribution is 2.31. The van der Waals surface area contributed by atoms with Gasteiger partial charge in [-0.1, -0.05) is 12.1 Å². The quantitative estimate of drug-likeness (QED) is 0.857. The van der Waals surface area contributed by atoms with E-state index < -0.39 is 29.5 Å².